The van der Waals surface area contributed by atoms with Gasteiger partial charge in [-0.05, 0) is 31.5 Å². The van der Waals surface area contributed by atoms with Gasteiger partial charge < -0.3 is 10.2 Å². The number of rotatable bonds is 10. The predicted molar refractivity (Wildman–Crippen MR) is 109 cm³/mol. The molecule has 0 bridgehead atoms. The van der Waals surface area contributed by atoms with Gasteiger partial charge in [0, 0.05) is 25.6 Å². The Morgan fingerprint density at radius 3 is 2.33 bits per heavy atom. The van der Waals surface area contributed by atoms with Crippen LogP contribution in [0.4, 0.5) is 0 Å². The van der Waals surface area contributed by atoms with E-state index in [9.17, 15) is 9.59 Å². The maximum absolute atomic E-state index is 12.8. The van der Waals surface area contributed by atoms with Crippen molar-refractivity contribution in [3.8, 4) is 0 Å². The number of benzene rings is 1. The highest BCUT2D eigenvalue weighted by Gasteiger charge is 2.37. The Bertz CT molecular complexity index is 597. The first-order valence-corrected chi connectivity index (χ1v) is 10.4. The molecule has 0 aliphatic carbocycles. The summed E-state index contributed by atoms with van der Waals surface area (Å²) in [5, 5.41) is 3.13. The molecule has 1 fully saturated rings. The van der Waals surface area contributed by atoms with Gasteiger partial charge in [0.1, 0.15) is 0 Å². The van der Waals surface area contributed by atoms with Gasteiger partial charge in [-0.1, -0.05) is 58.0 Å². The van der Waals surface area contributed by atoms with Crippen molar-refractivity contribution < 1.29 is 9.59 Å². The molecule has 2 rings (SSSR count). The van der Waals surface area contributed by atoms with Crippen LogP contribution in [-0.4, -0.2) is 53.8 Å². The van der Waals surface area contributed by atoms with E-state index in [1.165, 1.54) is 5.56 Å². The lowest BCUT2D eigenvalue weighted by Gasteiger charge is -2.30. The lowest BCUT2D eigenvalue weighted by atomic mass is 10.0. The summed E-state index contributed by atoms with van der Waals surface area (Å²) in [4.78, 5) is 29.4. The number of likely N-dealkylation sites (N-methyl/N-ethyl adjacent to an activating group) is 1. The minimum atomic E-state index is -0.230. The van der Waals surface area contributed by atoms with Crippen molar-refractivity contribution in [1.29, 1.82) is 0 Å². The minimum absolute atomic E-state index is 0.00453. The second-order valence-corrected chi connectivity index (χ2v) is 7.31. The van der Waals surface area contributed by atoms with E-state index in [-0.39, 0.29) is 29.8 Å². The summed E-state index contributed by atoms with van der Waals surface area (Å²) in [5.41, 5.74) is 1.21. The van der Waals surface area contributed by atoms with Crippen LogP contribution in [0.1, 0.15) is 58.6 Å². The van der Waals surface area contributed by atoms with E-state index in [2.05, 4.69) is 50.0 Å². The average Bonchev–Trinajstić information content (AvgIpc) is 3.08. The Morgan fingerprint density at radius 2 is 1.78 bits per heavy atom. The Labute approximate surface area is 164 Å². The zero-order valence-corrected chi connectivity index (χ0v) is 17.3. The van der Waals surface area contributed by atoms with E-state index >= 15 is 0 Å². The monoisotopic (exact) mass is 373 g/mol. The normalized spacial score (nSPS) is 18.4. The molecule has 150 valence electrons. The van der Waals surface area contributed by atoms with E-state index in [0.29, 0.717) is 19.5 Å². The number of hydrogen-bond acceptors (Lipinski definition) is 3. The van der Waals surface area contributed by atoms with Gasteiger partial charge in [-0.25, -0.2) is 0 Å². The number of hydrogen-bond donors (Lipinski definition) is 1. The lowest BCUT2D eigenvalue weighted by Crippen LogP contribution is -2.41. The molecule has 5 heteroatoms. The van der Waals surface area contributed by atoms with Gasteiger partial charge in [0.25, 0.3) is 0 Å². The molecule has 2 unspecified atom stereocenters. The summed E-state index contributed by atoms with van der Waals surface area (Å²) in [5.74, 6) is -0.108. The van der Waals surface area contributed by atoms with E-state index in [4.69, 9.17) is 0 Å². The first-order chi connectivity index (χ1) is 13.0. The van der Waals surface area contributed by atoms with Crippen LogP contribution in [0.3, 0.4) is 0 Å². The third-order valence-electron chi connectivity index (χ3n) is 5.82. The molecule has 1 saturated heterocycles. The summed E-state index contributed by atoms with van der Waals surface area (Å²) in [7, 11) is 0. The molecule has 1 aromatic carbocycles. The van der Waals surface area contributed by atoms with Crippen molar-refractivity contribution in [1.82, 2.24) is 15.1 Å². The fraction of sp³-hybridized carbons (Fsp3) is 0.636. The molecule has 0 aromatic heterocycles. The fourth-order valence-electron chi connectivity index (χ4n) is 4.13. The fourth-order valence-corrected chi connectivity index (χ4v) is 4.13. The van der Waals surface area contributed by atoms with Crippen LogP contribution < -0.4 is 5.32 Å². The maximum atomic E-state index is 12.8. The van der Waals surface area contributed by atoms with Gasteiger partial charge in [0.2, 0.25) is 11.8 Å². The van der Waals surface area contributed by atoms with Crippen molar-refractivity contribution in [2.24, 2.45) is 5.92 Å². The van der Waals surface area contributed by atoms with Crippen molar-refractivity contribution in [2.45, 2.75) is 59.0 Å². The number of likely N-dealkylation sites (tertiary alicyclic amines) is 1. The Kier molecular flexibility index (Phi) is 8.29. The largest absolute Gasteiger partial charge is 0.354 e. The van der Waals surface area contributed by atoms with Crippen LogP contribution in [0.5, 0.6) is 0 Å². The second-order valence-electron chi connectivity index (χ2n) is 7.31. The third kappa shape index (κ3) is 5.32. The Morgan fingerprint density at radius 1 is 1.15 bits per heavy atom. The lowest BCUT2D eigenvalue weighted by molar-refractivity contribution is -0.130. The van der Waals surface area contributed by atoms with E-state index in [0.717, 1.165) is 25.9 Å². The smallest absolute Gasteiger partial charge is 0.225 e. The zero-order chi connectivity index (χ0) is 19.8. The molecule has 2 atom stereocenters. The number of nitrogens with one attached hydrogen (secondary N) is 1. The summed E-state index contributed by atoms with van der Waals surface area (Å²) in [6.07, 6.45) is 2.22. The summed E-state index contributed by atoms with van der Waals surface area (Å²) >= 11 is 0. The second kappa shape index (κ2) is 10.5. The Balaban J connectivity index is 2.00. The topological polar surface area (TPSA) is 52.7 Å². The zero-order valence-electron chi connectivity index (χ0n) is 17.3. The highest BCUT2D eigenvalue weighted by Crippen LogP contribution is 2.24. The molecule has 0 radical (unpaired) electrons. The van der Waals surface area contributed by atoms with Gasteiger partial charge in [-0.2, -0.15) is 0 Å². The van der Waals surface area contributed by atoms with E-state index < -0.39 is 0 Å². The van der Waals surface area contributed by atoms with E-state index in [1.54, 1.807) is 0 Å². The van der Waals surface area contributed by atoms with Gasteiger partial charge in [-0.15, -0.1) is 0 Å². The van der Waals surface area contributed by atoms with Gasteiger partial charge in [0.15, 0.2) is 0 Å². The average molecular weight is 374 g/mol. The van der Waals surface area contributed by atoms with E-state index in [1.807, 2.05) is 23.1 Å². The number of carbonyl (C=O) groups excluding carboxylic acids is 2. The van der Waals surface area contributed by atoms with Crippen molar-refractivity contribution in [3.05, 3.63) is 35.9 Å². The molecule has 1 aliphatic rings. The van der Waals surface area contributed by atoms with Crippen LogP contribution in [0, 0.1) is 5.92 Å². The van der Waals surface area contributed by atoms with Gasteiger partial charge >= 0.3 is 0 Å². The molecule has 0 saturated carbocycles. The molecule has 5 nitrogen and oxygen atoms in total. The third-order valence-corrected chi connectivity index (χ3v) is 5.82. The number of carbonyl (C=O) groups is 2. The molecule has 1 aliphatic heterocycles. The minimum Gasteiger partial charge on any atom is -0.354 e. The molecular weight excluding hydrogens is 338 g/mol. The SMILES string of the molecule is CCC(CC)N1CC(C(=O)NCC(c2ccccc2)N(CC)CC)CC1=O. The summed E-state index contributed by atoms with van der Waals surface area (Å²) in [6.45, 7) is 11.5. The maximum Gasteiger partial charge on any atom is 0.225 e. The summed E-state index contributed by atoms with van der Waals surface area (Å²) < 4.78 is 0. The first-order valence-electron chi connectivity index (χ1n) is 10.4. The molecule has 1 heterocycles. The van der Waals surface area contributed by atoms with Crippen molar-refractivity contribution in [3.63, 3.8) is 0 Å². The quantitative estimate of drug-likeness (QED) is 0.685. The standard InChI is InChI=1S/C22H35N3O2/c1-5-19(6-2)25-16-18(14-21(25)26)22(27)23-15-20(24(7-3)8-4)17-12-10-9-11-13-17/h9-13,18-20H,5-8,14-16H2,1-4H3,(H,23,27). The number of nitrogens with zero attached hydrogens (tertiary/aromatic N) is 2. The molecule has 1 aromatic rings. The van der Waals surface area contributed by atoms with Crippen molar-refractivity contribution in [2.75, 3.05) is 26.2 Å². The molecular formula is C22H35N3O2. The Hall–Kier alpha value is -1.88. The van der Waals surface area contributed by atoms with Crippen LogP contribution in [-0.2, 0) is 9.59 Å². The molecule has 1 N–H and O–H groups in total. The van der Waals surface area contributed by atoms with Crippen LogP contribution in [0.15, 0.2) is 30.3 Å². The van der Waals surface area contributed by atoms with Crippen LogP contribution in [0.25, 0.3) is 0 Å². The number of amides is 2. The molecule has 0 spiro atoms. The van der Waals surface area contributed by atoms with Gasteiger partial charge in [-0.3, -0.25) is 14.5 Å². The molecule has 2 amide bonds. The van der Waals surface area contributed by atoms with Crippen LogP contribution >= 0.6 is 0 Å². The first kappa shape index (κ1) is 21.4. The summed E-state index contributed by atoms with van der Waals surface area (Å²) in [6, 6.07) is 10.7. The highest BCUT2D eigenvalue weighted by molar-refractivity contribution is 5.89. The van der Waals surface area contributed by atoms with Crippen molar-refractivity contribution >= 4 is 11.8 Å². The van der Waals surface area contributed by atoms with Crippen LogP contribution in [0.2, 0.25) is 0 Å². The molecule has 27 heavy (non-hydrogen) atoms. The van der Waals surface area contributed by atoms with Gasteiger partial charge in [0.05, 0.1) is 12.0 Å². The highest BCUT2D eigenvalue weighted by atomic mass is 16.2. The predicted octanol–water partition coefficient (Wildman–Crippen LogP) is 3.22.